The largest absolute Gasteiger partial charge is 0.355 e. The summed E-state index contributed by atoms with van der Waals surface area (Å²) < 4.78 is 1.95. The highest BCUT2D eigenvalue weighted by molar-refractivity contribution is 7.99. The van der Waals surface area contributed by atoms with Gasteiger partial charge in [-0.3, -0.25) is 9.78 Å². The molecule has 0 aliphatic rings. The number of nitrogens with one attached hydrogen (secondary N) is 1. The topological polar surface area (TPSA) is 72.7 Å². The smallest absolute Gasteiger partial charge is 0.230 e. The molecule has 0 aliphatic carbocycles. The number of carbonyl (C=O) groups excluding carboxylic acids is 1. The average Bonchev–Trinajstić information content (AvgIpc) is 2.95. The highest BCUT2D eigenvalue weighted by atomic mass is 32.2. The molecular formula is C14H19N5OS. The van der Waals surface area contributed by atoms with E-state index in [0.29, 0.717) is 12.3 Å². The number of rotatable bonds is 7. The van der Waals surface area contributed by atoms with Gasteiger partial charge in [0.1, 0.15) is 6.33 Å². The summed E-state index contributed by atoms with van der Waals surface area (Å²) >= 11 is 1.40. The van der Waals surface area contributed by atoms with Crippen molar-refractivity contribution in [3.8, 4) is 0 Å². The third-order valence-electron chi connectivity index (χ3n) is 2.86. The van der Waals surface area contributed by atoms with E-state index in [9.17, 15) is 4.79 Å². The van der Waals surface area contributed by atoms with E-state index in [0.717, 1.165) is 17.3 Å². The molecule has 0 aliphatic heterocycles. The van der Waals surface area contributed by atoms with E-state index < -0.39 is 0 Å². The Labute approximate surface area is 128 Å². The van der Waals surface area contributed by atoms with Crippen molar-refractivity contribution >= 4 is 17.7 Å². The van der Waals surface area contributed by atoms with Crippen LogP contribution in [0.25, 0.3) is 0 Å². The fourth-order valence-electron chi connectivity index (χ4n) is 1.75. The maximum absolute atomic E-state index is 11.8. The van der Waals surface area contributed by atoms with Crippen LogP contribution in [0.1, 0.15) is 25.6 Å². The lowest BCUT2D eigenvalue weighted by Gasteiger charge is -2.09. The first-order valence-corrected chi connectivity index (χ1v) is 7.84. The minimum atomic E-state index is -0.00534. The first-order chi connectivity index (χ1) is 10.2. The van der Waals surface area contributed by atoms with E-state index in [-0.39, 0.29) is 11.9 Å². The van der Waals surface area contributed by atoms with Crippen LogP contribution in [0.4, 0.5) is 0 Å². The van der Waals surface area contributed by atoms with Crippen molar-refractivity contribution in [2.24, 2.45) is 0 Å². The molecule has 0 atom stereocenters. The van der Waals surface area contributed by atoms with Gasteiger partial charge >= 0.3 is 0 Å². The Morgan fingerprint density at radius 1 is 1.43 bits per heavy atom. The maximum Gasteiger partial charge on any atom is 0.230 e. The van der Waals surface area contributed by atoms with Gasteiger partial charge in [0.15, 0.2) is 5.16 Å². The van der Waals surface area contributed by atoms with Crippen LogP contribution in [0.3, 0.4) is 0 Å². The van der Waals surface area contributed by atoms with Crippen molar-refractivity contribution in [2.45, 2.75) is 31.5 Å². The van der Waals surface area contributed by atoms with Crippen LogP contribution in [0.5, 0.6) is 0 Å². The number of hydrogen-bond donors (Lipinski definition) is 1. The summed E-state index contributed by atoms with van der Waals surface area (Å²) in [5, 5.41) is 11.6. The van der Waals surface area contributed by atoms with Gasteiger partial charge in [-0.2, -0.15) is 0 Å². The van der Waals surface area contributed by atoms with Crippen LogP contribution in [0.2, 0.25) is 0 Å². The fourth-order valence-corrected chi connectivity index (χ4v) is 2.62. The Morgan fingerprint density at radius 3 is 3.00 bits per heavy atom. The molecule has 0 unspecified atom stereocenters. The summed E-state index contributed by atoms with van der Waals surface area (Å²) in [5.74, 6) is 0.336. The minimum absolute atomic E-state index is 0.00534. The quantitative estimate of drug-likeness (QED) is 0.788. The van der Waals surface area contributed by atoms with Gasteiger partial charge in [0, 0.05) is 30.9 Å². The van der Waals surface area contributed by atoms with Crippen LogP contribution in [0.15, 0.2) is 35.9 Å². The zero-order valence-corrected chi connectivity index (χ0v) is 13.0. The molecule has 0 spiro atoms. The van der Waals surface area contributed by atoms with Crippen molar-refractivity contribution < 1.29 is 4.79 Å². The van der Waals surface area contributed by atoms with E-state index in [1.165, 1.54) is 11.8 Å². The van der Waals surface area contributed by atoms with Crippen molar-refractivity contribution in [1.29, 1.82) is 0 Å². The average molecular weight is 305 g/mol. The molecule has 2 heterocycles. The van der Waals surface area contributed by atoms with E-state index in [1.807, 2.05) is 22.8 Å². The second kappa shape index (κ2) is 7.78. The molecule has 0 aromatic carbocycles. The predicted octanol–water partition coefficient (Wildman–Crippen LogP) is 1.71. The molecule has 6 nitrogen and oxygen atoms in total. The Hall–Kier alpha value is -1.89. The molecule has 2 aromatic heterocycles. The molecule has 0 fully saturated rings. The number of carbonyl (C=O) groups is 1. The van der Waals surface area contributed by atoms with Crippen LogP contribution < -0.4 is 5.32 Å². The minimum Gasteiger partial charge on any atom is -0.355 e. The Bertz CT molecular complexity index is 570. The predicted molar refractivity (Wildman–Crippen MR) is 82.1 cm³/mol. The summed E-state index contributed by atoms with van der Waals surface area (Å²) in [5.41, 5.74) is 0.977. The molecule has 0 saturated carbocycles. The normalized spacial score (nSPS) is 10.8. The first kappa shape index (κ1) is 15.5. The molecule has 21 heavy (non-hydrogen) atoms. The zero-order chi connectivity index (χ0) is 15.1. The summed E-state index contributed by atoms with van der Waals surface area (Å²) in [4.78, 5) is 16.0. The van der Waals surface area contributed by atoms with E-state index in [4.69, 9.17) is 0 Å². The molecule has 0 saturated heterocycles. The van der Waals surface area contributed by atoms with Gasteiger partial charge < -0.3 is 9.88 Å². The Kier molecular flexibility index (Phi) is 5.74. The number of nitrogens with zero attached hydrogens (tertiary/aromatic N) is 4. The Morgan fingerprint density at radius 2 is 2.29 bits per heavy atom. The number of hydrogen-bond acceptors (Lipinski definition) is 5. The molecule has 1 N–H and O–H groups in total. The lowest BCUT2D eigenvalue weighted by molar-refractivity contribution is -0.118. The molecular weight excluding hydrogens is 286 g/mol. The van der Waals surface area contributed by atoms with Crippen molar-refractivity contribution in [1.82, 2.24) is 25.1 Å². The van der Waals surface area contributed by atoms with Gasteiger partial charge in [0.05, 0.1) is 5.75 Å². The number of pyridine rings is 1. The van der Waals surface area contributed by atoms with Crippen LogP contribution >= 0.6 is 11.8 Å². The molecule has 2 aromatic rings. The van der Waals surface area contributed by atoms with Gasteiger partial charge in [-0.25, -0.2) is 0 Å². The van der Waals surface area contributed by atoms with Crippen molar-refractivity contribution in [2.75, 3.05) is 12.3 Å². The summed E-state index contributed by atoms with van der Waals surface area (Å²) in [7, 11) is 0. The maximum atomic E-state index is 11.8. The Balaban J connectivity index is 1.71. The summed E-state index contributed by atoms with van der Waals surface area (Å²) in [6.45, 7) is 4.70. The lowest BCUT2D eigenvalue weighted by atomic mass is 10.3. The number of aromatic nitrogens is 4. The molecule has 0 radical (unpaired) electrons. The molecule has 0 bridgehead atoms. The van der Waals surface area contributed by atoms with E-state index >= 15 is 0 Å². The van der Waals surface area contributed by atoms with Crippen molar-refractivity contribution in [3.05, 3.63) is 36.4 Å². The highest BCUT2D eigenvalue weighted by Crippen LogP contribution is 2.18. The zero-order valence-electron chi connectivity index (χ0n) is 12.2. The fraction of sp³-hybridized carbons (Fsp3) is 0.429. The van der Waals surface area contributed by atoms with E-state index in [1.54, 1.807) is 12.5 Å². The van der Waals surface area contributed by atoms with Gasteiger partial charge in [0.2, 0.25) is 5.91 Å². The lowest BCUT2D eigenvalue weighted by Crippen LogP contribution is -2.27. The van der Waals surface area contributed by atoms with Crippen LogP contribution in [0, 0.1) is 0 Å². The highest BCUT2D eigenvalue weighted by Gasteiger charge is 2.10. The van der Waals surface area contributed by atoms with Gasteiger partial charge in [-0.15, -0.1) is 10.2 Å². The van der Waals surface area contributed by atoms with Gasteiger partial charge in [-0.05, 0) is 26.0 Å². The molecule has 2 rings (SSSR count). The standard InChI is InChI=1S/C14H19N5OS/c1-11(2)19-10-17-18-14(19)21-9-13(20)16-8-6-12-5-3-4-7-15-12/h3-5,7,10-11H,6,8-9H2,1-2H3,(H,16,20). The first-order valence-electron chi connectivity index (χ1n) is 6.85. The van der Waals surface area contributed by atoms with Crippen molar-refractivity contribution in [3.63, 3.8) is 0 Å². The molecule has 7 heteroatoms. The van der Waals surface area contributed by atoms with Gasteiger partial charge in [0.25, 0.3) is 0 Å². The molecule has 112 valence electrons. The monoisotopic (exact) mass is 305 g/mol. The third kappa shape index (κ3) is 4.86. The number of thioether (sulfide) groups is 1. The SMILES string of the molecule is CC(C)n1cnnc1SCC(=O)NCCc1ccccn1. The summed E-state index contributed by atoms with van der Waals surface area (Å²) in [6.07, 6.45) is 4.18. The van der Waals surface area contributed by atoms with Gasteiger partial charge in [-0.1, -0.05) is 17.8 Å². The second-order valence-electron chi connectivity index (χ2n) is 4.82. The van der Waals surface area contributed by atoms with Crippen LogP contribution in [-0.2, 0) is 11.2 Å². The van der Waals surface area contributed by atoms with E-state index in [2.05, 4.69) is 34.3 Å². The second-order valence-corrected chi connectivity index (χ2v) is 5.77. The summed E-state index contributed by atoms with van der Waals surface area (Å²) in [6, 6.07) is 6.06. The molecule has 1 amide bonds. The third-order valence-corrected chi connectivity index (χ3v) is 3.82. The number of amides is 1. The van der Waals surface area contributed by atoms with Crippen LogP contribution in [-0.4, -0.2) is 38.0 Å².